The molecule has 3 aromatic rings. The molecule has 0 aliphatic heterocycles. The fourth-order valence-electron chi connectivity index (χ4n) is 4.44. The summed E-state index contributed by atoms with van der Waals surface area (Å²) in [6.45, 7) is 14.7. The van der Waals surface area contributed by atoms with Crippen LogP contribution in [0.15, 0.2) is 29.1 Å². The molecule has 1 aromatic carbocycles. The molecule has 6 nitrogen and oxygen atoms in total. The van der Waals surface area contributed by atoms with E-state index in [1.54, 1.807) is 4.52 Å². The van der Waals surface area contributed by atoms with E-state index in [1.807, 2.05) is 19.1 Å². The van der Waals surface area contributed by atoms with E-state index in [0.717, 1.165) is 85.5 Å². The molecule has 0 amide bonds. The Labute approximate surface area is 204 Å². The molecular weight excluding hydrogens is 422 g/mol. The lowest BCUT2D eigenvalue weighted by molar-refractivity contribution is 0.719. The number of anilines is 3. The van der Waals surface area contributed by atoms with Gasteiger partial charge in [-0.3, -0.25) is 9.89 Å². The van der Waals surface area contributed by atoms with Gasteiger partial charge in [0.15, 0.2) is 5.65 Å². The first-order valence-electron chi connectivity index (χ1n) is 12.9. The second kappa shape index (κ2) is 11.9. The molecule has 0 spiro atoms. The van der Waals surface area contributed by atoms with Crippen LogP contribution in [-0.2, 0) is 12.8 Å². The van der Waals surface area contributed by atoms with Gasteiger partial charge in [0.1, 0.15) is 5.69 Å². The van der Waals surface area contributed by atoms with Crippen molar-refractivity contribution in [1.82, 2.24) is 14.6 Å². The highest BCUT2D eigenvalue weighted by Crippen LogP contribution is 2.30. The number of benzene rings is 1. The predicted molar refractivity (Wildman–Crippen MR) is 146 cm³/mol. The van der Waals surface area contributed by atoms with Crippen LogP contribution in [0, 0.1) is 6.92 Å². The fraction of sp³-hybridized carbons (Fsp3) is 0.500. The molecule has 2 N–H and O–H groups in total. The molecule has 2 heterocycles. The first-order valence-corrected chi connectivity index (χ1v) is 12.9. The minimum atomic E-state index is 0.0250. The Kier molecular flexibility index (Phi) is 8.97. The van der Waals surface area contributed by atoms with Gasteiger partial charge in [-0.15, -0.1) is 0 Å². The number of nitrogens with zero attached hydrogens (tertiary/aromatic N) is 3. The van der Waals surface area contributed by atoms with E-state index in [2.05, 4.69) is 68.1 Å². The molecule has 0 saturated heterocycles. The molecule has 3 rings (SSSR count). The van der Waals surface area contributed by atoms with Crippen LogP contribution < -0.4 is 15.8 Å². The molecule has 0 aliphatic rings. The Hall–Kier alpha value is -3.02. The number of H-pyrrole nitrogens is 1. The summed E-state index contributed by atoms with van der Waals surface area (Å²) in [6, 6.07) is 6.49. The third kappa shape index (κ3) is 5.37. The lowest BCUT2D eigenvalue weighted by Gasteiger charge is -2.22. The van der Waals surface area contributed by atoms with Crippen LogP contribution in [-0.4, -0.2) is 27.7 Å². The molecule has 6 heteroatoms. The van der Waals surface area contributed by atoms with Crippen LogP contribution in [0.2, 0.25) is 0 Å². The van der Waals surface area contributed by atoms with E-state index in [0.29, 0.717) is 5.65 Å². The fourth-order valence-corrected chi connectivity index (χ4v) is 4.44. The predicted octanol–water partition coefficient (Wildman–Crippen LogP) is 6.64. The summed E-state index contributed by atoms with van der Waals surface area (Å²) in [5.74, 6) is 0. The lowest BCUT2D eigenvalue weighted by Crippen LogP contribution is -2.23. The van der Waals surface area contributed by atoms with E-state index in [4.69, 9.17) is 4.98 Å². The summed E-state index contributed by atoms with van der Waals surface area (Å²) in [5.41, 5.74) is 7.58. The Bertz CT molecular complexity index is 1180. The topological polar surface area (TPSA) is 65.4 Å². The quantitative estimate of drug-likeness (QED) is 0.316. The third-order valence-electron chi connectivity index (χ3n) is 6.47. The molecular formula is C28H41N5O. The number of aromatic amines is 1. The molecule has 0 aliphatic carbocycles. The zero-order valence-electron chi connectivity index (χ0n) is 21.8. The van der Waals surface area contributed by atoms with Gasteiger partial charge in [0.05, 0.1) is 11.4 Å². The van der Waals surface area contributed by atoms with Crippen LogP contribution in [0.1, 0.15) is 82.8 Å². The van der Waals surface area contributed by atoms with Crippen molar-refractivity contribution in [1.29, 1.82) is 0 Å². The van der Waals surface area contributed by atoms with Gasteiger partial charge in [0.25, 0.3) is 5.56 Å². The van der Waals surface area contributed by atoms with E-state index in [9.17, 15) is 4.79 Å². The largest absolute Gasteiger partial charge is 0.372 e. The maximum Gasteiger partial charge on any atom is 0.276 e. The minimum Gasteiger partial charge on any atom is -0.372 e. The second-order valence-corrected chi connectivity index (χ2v) is 8.91. The summed E-state index contributed by atoms with van der Waals surface area (Å²) in [4.78, 5) is 20.9. The second-order valence-electron chi connectivity index (χ2n) is 8.91. The number of aromatic nitrogens is 3. The summed E-state index contributed by atoms with van der Waals surface area (Å²) in [6.07, 6.45) is 9.74. The van der Waals surface area contributed by atoms with E-state index in [1.165, 1.54) is 5.69 Å². The number of rotatable bonds is 12. The van der Waals surface area contributed by atoms with Gasteiger partial charge in [0, 0.05) is 30.0 Å². The lowest BCUT2D eigenvalue weighted by atomic mass is 10.0. The van der Waals surface area contributed by atoms with Crippen LogP contribution in [0.4, 0.5) is 17.1 Å². The molecule has 184 valence electrons. The van der Waals surface area contributed by atoms with E-state index >= 15 is 0 Å². The number of hydrogen-bond donors (Lipinski definition) is 2. The molecule has 0 bridgehead atoms. The van der Waals surface area contributed by atoms with Gasteiger partial charge < -0.3 is 10.2 Å². The third-order valence-corrected chi connectivity index (χ3v) is 6.47. The monoisotopic (exact) mass is 463 g/mol. The van der Waals surface area contributed by atoms with Gasteiger partial charge in [-0.1, -0.05) is 32.8 Å². The van der Waals surface area contributed by atoms with Gasteiger partial charge in [-0.25, -0.2) is 4.98 Å². The molecule has 2 aromatic heterocycles. The average molecular weight is 464 g/mol. The highest BCUT2D eigenvalue weighted by atomic mass is 16.1. The number of hydrogen-bond acceptors (Lipinski definition) is 4. The summed E-state index contributed by atoms with van der Waals surface area (Å²) < 4.78 is 1.62. The highest BCUT2D eigenvalue weighted by molar-refractivity contribution is 5.83. The molecule has 34 heavy (non-hydrogen) atoms. The standard InChI is InChI=1S/C28H41N5O/c1-7-12-15-22-24(16-13-8-2)30-27-26(25(14-9-3)31-33(27)28(22)34)29-23-18-17-21(19-20(23)6)32(10-4)11-5/h9,14,17-19,29,31H,7-8,10-13,15-16H2,1-6H3. The van der Waals surface area contributed by atoms with Crippen LogP contribution in [0.5, 0.6) is 0 Å². The van der Waals surface area contributed by atoms with Crippen molar-refractivity contribution in [2.24, 2.45) is 0 Å². The van der Waals surface area contributed by atoms with Crippen LogP contribution in [0.25, 0.3) is 11.7 Å². The van der Waals surface area contributed by atoms with Crippen molar-refractivity contribution in [3.63, 3.8) is 0 Å². The maximum absolute atomic E-state index is 13.5. The first-order chi connectivity index (χ1) is 16.5. The molecule has 0 fully saturated rings. The minimum absolute atomic E-state index is 0.0250. The zero-order valence-corrected chi connectivity index (χ0v) is 21.8. The van der Waals surface area contributed by atoms with Crippen molar-refractivity contribution >= 4 is 28.8 Å². The van der Waals surface area contributed by atoms with Crippen molar-refractivity contribution in [3.8, 4) is 0 Å². The van der Waals surface area contributed by atoms with Gasteiger partial charge in [-0.2, -0.15) is 4.52 Å². The van der Waals surface area contributed by atoms with Crippen molar-refractivity contribution in [2.75, 3.05) is 23.3 Å². The smallest absolute Gasteiger partial charge is 0.276 e. The van der Waals surface area contributed by atoms with E-state index < -0.39 is 0 Å². The Balaban J connectivity index is 2.13. The van der Waals surface area contributed by atoms with Crippen molar-refractivity contribution in [3.05, 3.63) is 57.1 Å². The van der Waals surface area contributed by atoms with Gasteiger partial charge in [-0.05, 0) is 83.2 Å². The van der Waals surface area contributed by atoms with Gasteiger partial charge >= 0.3 is 0 Å². The van der Waals surface area contributed by atoms with Crippen molar-refractivity contribution in [2.45, 2.75) is 80.1 Å². The number of aryl methyl sites for hydroxylation is 2. The SMILES string of the molecule is CC=Cc1[nH]n2c(=O)c(CCCC)c(CCCC)nc2c1Nc1ccc(N(CC)CC)cc1C. The summed E-state index contributed by atoms with van der Waals surface area (Å²) >= 11 is 0. The van der Waals surface area contributed by atoms with Crippen molar-refractivity contribution < 1.29 is 0 Å². The summed E-state index contributed by atoms with van der Waals surface area (Å²) in [7, 11) is 0. The molecule has 0 saturated carbocycles. The number of nitrogens with one attached hydrogen (secondary N) is 2. The number of unbranched alkanes of at least 4 members (excludes halogenated alkanes) is 2. The zero-order chi connectivity index (χ0) is 24.7. The first kappa shape index (κ1) is 25.6. The molecule has 0 atom stereocenters. The van der Waals surface area contributed by atoms with E-state index in [-0.39, 0.29) is 5.56 Å². The highest BCUT2D eigenvalue weighted by Gasteiger charge is 2.19. The normalized spacial score (nSPS) is 11.6. The number of fused-ring (bicyclic) bond motifs is 1. The van der Waals surface area contributed by atoms with Crippen LogP contribution in [0.3, 0.4) is 0 Å². The summed E-state index contributed by atoms with van der Waals surface area (Å²) in [5, 5.41) is 6.91. The number of allylic oxidation sites excluding steroid dienone is 1. The molecule has 0 unspecified atom stereocenters. The average Bonchev–Trinajstić information content (AvgIpc) is 3.17. The Morgan fingerprint density at radius 2 is 1.79 bits per heavy atom. The Morgan fingerprint density at radius 3 is 2.41 bits per heavy atom. The Morgan fingerprint density at radius 1 is 1.09 bits per heavy atom. The maximum atomic E-state index is 13.5. The van der Waals surface area contributed by atoms with Gasteiger partial charge in [0.2, 0.25) is 0 Å². The van der Waals surface area contributed by atoms with Crippen LogP contribution >= 0.6 is 0 Å². The molecule has 0 radical (unpaired) electrons.